The molecule has 0 atom stereocenters. The Hall–Kier alpha value is -0.0200. The van der Waals surface area contributed by atoms with Gasteiger partial charge in [0.05, 0.1) is 5.75 Å². The molecule has 0 N–H and O–H groups in total. The summed E-state index contributed by atoms with van der Waals surface area (Å²) in [6, 6.07) is 0. The lowest BCUT2D eigenvalue weighted by atomic mass is 11.0. The number of sulfone groups is 1. The van der Waals surface area contributed by atoms with Gasteiger partial charge in [-0.25, -0.2) is 8.42 Å². The van der Waals surface area contributed by atoms with Gasteiger partial charge < -0.3 is 0 Å². The van der Waals surface area contributed by atoms with Gasteiger partial charge in [-0.05, 0) is 0 Å². The van der Waals surface area contributed by atoms with Crippen molar-refractivity contribution < 1.29 is 8.42 Å². The molecule has 2 nitrogen and oxygen atoms in total. The average molecular weight is 155 g/mol. The van der Waals surface area contributed by atoms with Crippen molar-refractivity contribution in [3.63, 3.8) is 0 Å². The molecule has 0 aliphatic heterocycles. The Morgan fingerprint density at radius 3 is 2.25 bits per heavy atom. The van der Waals surface area contributed by atoms with Crippen molar-refractivity contribution in [2.24, 2.45) is 0 Å². The predicted molar refractivity (Wildman–Crippen MR) is 34.7 cm³/mol. The fourth-order valence-corrected chi connectivity index (χ4v) is 1.22. The van der Waals surface area contributed by atoms with Crippen LogP contribution in [0.25, 0.3) is 0 Å². The van der Waals surface area contributed by atoms with Gasteiger partial charge in [0, 0.05) is 11.3 Å². The van der Waals surface area contributed by atoms with Crippen LogP contribution in [0.3, 0.4) is 0 Å². The van der Waals surface area contributed by atoms with E-state index in [4.69, 9.17) is 11.6 Å². The summed E-state index contributed by atoms with van der Waals surface area (Å²) in [6.45, 7) is 3.10. The lowest BCUT2D eigenvalue weighted by Crippen LogP contribution is -2.01. The van der Waals surface area contributed by atoms with E-state index in [1.165, 1.54) is 0 Å². The third-order valence-electron chi connectivity index (χ3n) is 0.616. The van der Waals surface area contributed by atoms with E-state index in [9.17, 15) is 8.42 Å². The summed E-state index contributed by atoms with van der Waals surface area (Å²) in [5, 5.41) is 0.912. The smallest absolute Gasteiger partial charge is 0.172 e. The Balaban J connectivity index is 3.95. The van der Waals surface area contributed by atoms with Gasteiger partial charge in [-0.3, -0.25) is 0 Å². The second-order valence-electron chi connectivity index (χ2n) is 1.22. The van der Waals surface area contributed by atoms with E-state index in [2.05, 4.69) is 6.58 Å². The van der Waals surface area contributed by atoms with Crippen molar-refractivity contribution >= 4 is 21.4 Å². The first kappa shape index (κ1) is 7.98. The molecule has 0 aromatic heterocycles. The molecule has 0 amide bonds. The standard InChI is InChI=1S/C4H7ClO2S/c1-2-8(6,7)4-3-5/h2H,1,3-4H2. The van der Waals surface area contributed by atoms with E-state index < -0.39 is 9.84 Å². The van der Waals surface area contributed by atoms with E-state index in [0.717, 1.165) is 5.41 Å². The molecular formula is C4H7ClO2S. The Bertz CT molecular complexity index is 159. The van der Waals surface area contributed by atoms with Crippen molar-refractivity contribution in [3.8, 4) is 0 Å². The van der Waals surface area contributed by atoms with Gasteiger partial charge in [0.15, 0.2) is 9.84 Å². The Kier molecular flexibility index (Phi) is 3.09. The van der Waals surface area contributed by atoms with Gasteiger partial charge in [0.2, 0.25) is 0 Å². The van der Waals surface area contributed by atoms with Crippen LogP contribution in [0.2, 0.25) is 0 Å². The Labute approximate surface area is 54.1 Å². The molecule has 0 rings (SSSR count). The second-order valence-corrected chi connectivity index (χ2v) is 3.67. The highest BCUT2D eigenvalue weighted by Gasteiger charge is 2.00. The molecule has 4 heteroatoms. The third kappa shape index (κ3) is 3.04. The van der Waals surface area contributed by atoms with Crippen molar-refractivity contribution in [1.29, 1.82) is 0 Å². The highest BCUT2D eigenvalue weighted by Crippen LogP contribution is 1.90. The Morgan fingerprint density at radius 1 is 1.62 bits per heavy atom. The van der Waals surface area contributed by atoms with Crippen LogP contribution in [0.5, 0.6) is 0 Å². The number of halogens is 1. The molecule has 0 saturated heterocycles. The summed E-state index contributed by atoms with van der Waals surface area (Å²) in [5.41, 5.74) is 0. The quantitative estimate of drug-likeness (QED) is 0.564. The zero-order valence-electron chi connectivity index (χ0n) is 4.30. The van der Waals surface area contributed by atoms with Crippen LogP contribution >= 0.6 is 11.6 Å². The lowest BCUT2D eigenvalue weighted by molar-refractivity contribution is 0.606. The van der Waals surface area contributed by atoms with Crippen molar-refractivity contribution in [1.82, 2.24) is 0 Å². The normalized spacial score (nSPS) is 11.1. The monoisotopic (exact) mass is 154 g/mol. The minimum absolute atomic E-state index is 0.0158. The van der Waals surface area contributed by atoms with Gasteiger partial charge in [-0.2, -0.15) is 0 Å². The van der Waals surface area contributed by atoms with Gasteiger partial charge in [-0.15, -0.1) is 11.6 Å². The molecule has 0 fully saturated rings. The summed E-state index contributed by atoms with van der Waals surface area (Å²) in [6.07, 6.45) is 0. The number of alkyl halides is 1. The van der Waals surface area contributed by atoms with Crippen LogP contribution in [-0.4, -0.2) is 20.1 Å². The highest BCUT2D eigenvalue weighted by atomic mass is 35.5. The van der Waals surface area contributed by atoms with Crippen LogP contribution in [-0.2, 0) is 9.84 Å². The van der Waals surface area contributed by atoms with Gasteiger partial charge in [0.25, 0.3) is 0 Å². The third-order valence-corrected chi connectivity index (χ3v) is 2.31. The van der Waals surface area contributed by atoms with E-state index in [1.54, 1.807) is 0 Å². The number of hydrogen-bond acceptors (Lipinski definition) is 2. The van der Waals surface area contributed by atoms with Gasteiger partial charge in [-0.1, -0.05) is 6.58 Å². The van der Waals surface area contributed by atoms with E-state index in [1.807, 2.05) is 0 Å². The molecule has 0 aromatic carbocycles. The first-order valence-electron chi connectivity index (χ1n) is 2.03. The molecule has 48 valence electrons. The molecule has 0 aliphatic rings. The molecule has 0 aromatic rings. The summed E-state index contributed by atoms with van der Waals surface area (Å²) < 4.78 is 20.8. The van der Waals surface area contributed by atoms with Crippen LogP contribution in [0, 0.1) is 0 Å². The number of hydrogen-bond donors (Lipinski definition) is 0. The summed E-state index contributed by atoms with van der Waals surface area (Å²) >= 11 is 5.14. The molecular weight excluding hydrogens is 148 g/mol. The van der Waals surface area contributed by atoms with Crippen molar-refractivity contribution in [3.05, 3.63) is 12.0 Å². The highest BCUT2D eigenvalue weighted by molar-refractivity contribution is 7.94. The van der Waals surface area contributed by atoms with Gasteiger partial charge in [0.1, 0.15) is 0 Å². The number of rotatable bonds is 3. The Morgan fingerprint density at radius 2 is 2.12 bits per heavy atom. The fourth-order valence-electron chi connectivity index (χ4n) is 0.191. The zero-order valence-corrected chi connectivity index (χ0v) is 5.87. The molecule has 0 aliphatic carbocycles. The molecule has 0 spiro atoms. The van der Waals surface area contributed by atoms with Crippen LogP contribution in [0.15, 0.2) is 12.0 Å². The zero-order chi connectivity index (χ0) is 6.62. The second kappa shape index (κ2) is 3.10. The maximum atomic E-state index is 10.4. The summed E-state index contributed by atoms with van der Waals surface area (Å²) in [4.78, 5) is 0. The minimum Gasteiger partial charge on any atom is -0.224 e. The van der Waals surface area contributed by atoms with Crippen molar-refractivity contribution in [2.45, 2.75) is 0 Å². The molecule has 8 heavy (non-hydrogen) atoms. The van der Waals surface area contributed by atoms with E-state index in [0.29, 0.717) is 0 Å². The fraction of sp³-hybridized carbons (Fsp3) is 0.500. The first-order chi connectivity index (χ1) is 3.62. The summed E-state index contributed by atoms with van der Waals surface area (Å²) in [7, 11) is -3.04. The predicted octanol–water partition coefficient (Wildman–Crippen LogP) is 0.783. The lowest BCUT2D eigenvalue weighted by Gasteiger charge is -1.88. The van der Waals surface area contributed by atoms with E-state index in [-0.39, 0.29) is 11.6 Å². The molecule has 0 bridgehead atoms. The minimum atomic E-state index is -3.04. The maximum Gasteiger partial charge on any atom is 0.172 e. The molecule has 0 unspecified atom stereocenters. The average Bonchev–Trinajstić information content (AvgIpc) is 1.67. The SMILES string of the molecule is C=CS(=O)(=O)CCCl. The van der Waals surface area contributed by atoms with Gasteiger partial charge >= 0.3 is 0 Å². The maximum absolute atomic E-state index is 10.4. The van der Waals surface area contributed by atoms with Crippen LogP contribution < -0.4 is 0 Å². The molecule has 0 radical (unpaired) electrons. The van der Waals surface area contributed by atoms with Crippen LogP contribution in [0.4, 0.5) is 0 Å². The first-order valence-corrected chi connectivity index (χ1v) is 4.28. The molecule has 0 saturated carbocycles. The van der Waals surface area contributed by atoms with E-state index >= 15 is 0 Å². The molecule has 0 heterocycles. The summed E-state index contributed by atoms with van der Waals surface area (Å²) in [5.74, 6) is 0.117. The topological polar surface area (TPSA) is 34.1 Å². The largest absolute Gasteiger partial charge is 0.224 e. The van der Waals surface area contributed by atoms with Crippen LogP contribution in [0.1, 0.15) is 0 Å². The van der Waals surface area contributed by atoms with Crippen molar-refractivity contribution in [2.75, 3.05) is 11.6 Å².